The van der Waals surface area contributed by atoms with Crippen molar-refractivity contribution in [1.82, 2.24) is 9.71 Å². The second-order valence-corrected chi connectivity index (χ2v) is 3.19. The molecule has 0 aliphatic rings. The van der Waals surface area contributed by atoms with Crippen LogP contribution in [0.25, 0.3) is 0 Å². The molecule has 82 valence electrons. The van der Waals surface area contributed by atoms with Crippen LogP contribution in [-0.2, 0) is 6.61 Å². The van der Waals surface area contributed by atoms with Crippen molar-refractivity contribution in [3.8, 4) is 0 Å². The molecule has 0 fully saturated rings. The first kappa shape index (κ1) is 10.2. The van der Waals surface area contributed by atoms with Crippen molar-refractivity contribution in [1.29, 1.82) is 0 Å². The van der Waals surface area contributed by atoms with Crippen LogP contribution in [0, 0.1) is 0 Å². The second kappa shape index (κ2) is 4.48. The van der Waals surface area contributed by atoms with E-state index in [9.17, 15) is 9.59 Å². The first-order valence-electron chi connectivity index (χ1n) is 4.75. The SMILES string of the molecule is O=c1ccn(OCc2ccccc2)c(=O)[nH]1. The van der Waals surface area contributed by atoms with Crippen LogP contribution in [0.4, 0.5) is 0 Å². The van der Waals surface area contributed by atoms with Gasteiger partial charge in [0.25, 0.3) is 5.56 Å². The van der Waals surface area contributed by atoms with Gasteiger partial charge in [0, 0.05) is 6.07 Å². The summed E-state index contributed by atoms with van der Waals surface area (Å²) in [6.45, 7) is 0.271. The standard InChI is InChI=1S/C11H10N2O3/c14-10-6-7-13(11(15)12-10)16-8-9-4-2-1-3-5-9/h1-7H,8H2,(H,12,14,15). The quantitative estimate of drug-likeness (QED) is 0.798. The topological polar surface area (TPSA) is 64.1 Å². The van der Waals surface area contributed by atoms with Crippen molar-refractivity contribution in [3.05, 3.63) is 69.0 Å². The fraction of sp³-hybridized carbons (Fsp3) is 0.0909. The van der Waals surface area contributed by atoms with Crippen LogP contribution < -0.4 is 16.1 Å². The number of rotatable bonds is 3. The lowest BCUT2D eigenvalue weighted by Gasteiger charge is -2.06. The van der Waals surface area contributed by atoms with Crippen LogP contribution in [0.3, 0.4) is 0 Å². The number of nitrogens with one attached hydrogen (secondary N) is 1. The lowest BCUT2D eigenvalue weighted by molar-refractivity contribution is 0.0856. The van der Waals surface area contributed by atoms with Crippen LogP contribution in [0.15, 0.2) is 52.2 Å². The number of nitrogens with zero attached hydrogens (tertiary/aromatic N) is 1. The van der Waals surface area contributed by atoms with E-state index in [1.165, 1.54) is 12.3 Å². The van der Waals surface area contributed by atoms with Crippen LogP contribution in [-0.4, -0.2) is 9.71 Å². The van der Waals surface area contributed by atoms with Crippen molar-refractivity contribution >= 4 is 0 Å². The van der Waals surface area contributed by atoms with Crippen molar-refractivity contribution in [3.63, 3.8) is 0 Å². The number of aromatic amines is 1. The Morgan fingerprint density at radius 1 is 1.12 bits per heavy atom. The molecule has 0 aliphatic heterocycles. The van der Waals surface area contributed by atoms with Gasteiger partial charge in [0.1, 0.15) is 6.61 Å². The van der Waals surface area contributed by atoms with Gasteiger partial charge in [0.15, 0.2) is 0 Å². The van der Waals surface area contributed by atoms with Crippen LogP contribution in [0.1, 0.15) is 5.56 Å². The molecule has 1 heterocycles. The van der Waals surface area contributed by atoms with Gasteiger partial charge in [0.05, 0.1) is 6.20 Å². The fourth-order valence-corrected chi connectivity index (χ4v) is 1.23. The maximum Gasteiger partial charge on any atom is 0.361 e. The summed E-state index contributed by atoms with van der Waals surface area (Å²) in [6.07, 6.45) is 1.30. The van der Waals surface area contributed by atoms with E-state index in [2.05, 4.69) is 4.98 Å². The Hall–Kier alpha value is -2.30. The third kappa shape index (κ3) is 2.38. The Morgan fingerprint density at radius 2 is 1.88 bits per heavy atom. The number of hydrogen-bond acceptors (Lipinski definition) is 3. The molecule has 1 N–H and O–H groups in total. The third-order valence-electron chi connectivity index (χ3n) is 2.00. The number of aromatic nitrogens is 2. The molecule has 1 aromatic heterocycles. The number of hydrogen-bond donors (Lipinski definition) is 1. The smallest absolute Gasteiger partial charge is 0.361 e. The first-order valence-corrected chi connectivity index (χ1v) is 4.75. The maximum atomic E-state index is 11.2. The number of benzene rings is 1. The van der Waals surface area contributed by atoms with E-state index in [0.29, 0.717) is 0 Å². The van der Waals surface area contributed by atoms with Crippen molar-refractivity contribution in [2.75, 3.05) is 0 Å². The molecular weight excluding hydrogens is 208 g/mol. The highest BCUT2D eigenvalue weighted by molar-refractivity contribution is 5.13. The van der Waals surface area contributed by atoms with Gasteiger partial charge in [-0.05, 0) is 5.56 Å². The van der Waals surface area contributed by atoms with Gasteiger partial charge >= 0.3 is 5.69 Å². The van der Waals surface area contributed by atoms with Gasteiger partial charge < -0.3 is 4.84 Å². The largest absolute Gasteiger partial charge is 0.405 e. The molecule has 16 heavy (non-hydrogen) atoms. The lowest BCUT2D eigenvalue weighted by Crippen LogP contribution is -2.32. The Bertz CT molecular complexity index is 572. The van der Waals surface area contributed by atoms with E-state index in [4.69, 9.17) is 4.84 Å². The van der Waals surface area contributed by atoms with Gasteiger partial charge in [-0.2, -0.15) is 0 Å². The molecule has 0 radical (unpaired) electrons. The van der Waals surface area contributed by atoms with Crippen molar-refractivity contribution in [2.24, 2.45) is 0 Å². The Balaban J connectivity index is 2.11. The minimum absolute atomic E-state index is 0.271. The summed E-state index contributed by atoms with van der Waals surface area (Å²) in [4.78, 5) is 29.3. The van der Waals surface area contributed by atoms with E-state index >= 15 is 0 Å². The summed E-state index contributed by atoms with van der Waals surface area (Å²) >= 11 is 0. The highest BCUT2D eigenvalue weighted by Gasteiger charge is 1.97. The average molecular weight is 218 g/mol. The van der Waals surface area contributed by atoms with Crippen LogP contribution >= 0.6 is 0 Å². The molecule has 5 nitrogen and oxygen atoms in total. The molecule has 0 bridgehead atoms. The molecule has 0 atom stereocenters. The minimum atomic E-state index is -0.580. The maximum absolute atomic E-state index is 11.2. The summed E-state index contributed by atoms with van der Waals surface area (Å²) < 4.78 is 0.994. The normalized spacial score (nSPS) is 10.0. The molecule has 0 aliphatic carbocycles. The molecule has 1 aromatic carbocycles. The lowest BCUT2D eigenvalue weighted by atomic mass is 10.2. The summed E-state index contributed by atoms with van der Waals surface area (Å²) in [5.74, 6) is 0. The second-order valence-electron chi connectivity index (χ2n) is 3.19. The molecule has 0 unspecified atom stereocenters. The Morgan fingerprint density at radius 3 is 2.56 bits per heavy atom. The Labute approximate surface area is 90.9 Å². The van der Waals surface area contributed by atoms with E-state index < -0.39 is 11.2 Å². The highest BCUT2D eigenvalue weighted by Crippen LogP contribution is 1.97. The van der Waals surface area contributed by atoms with Gasteiger partial charge in [-0.3, -0.25) is 9.78 Å². The number of H-pyrrole nitrogens is 1. The van der Waals surface area contributed by atoms with E-state index in [1.807, 2.05) is 30.3 Å². The zero-order chi connectivity index (χ0) is 11.4. The summed E-state index contributed by atoms with van der Waals surface area (Å²) in [5, 5.41) is 0. The molecule has 5 heteroatoms. The molecule has 0 saturated heterocycles. The van der Waals surface area contributed by atoms with Crippen LogP contribution in [0.2, 0.25) is 0 Å². The average Bonchev–Trinajstić information content (AvgIpc) is 2.29. The predicted octanol–water partition coefficient (Wildman–Crippen LogP) is 0.165. The Kier molecular flexibility index (Phi) is 2.86. The molecule has 0 amide bonds. The molecular formula is C11H10N2O3. The monoisotopic (exact) mass is 218 g/mol. The molecule has 2 aromatic rings. The highest BCUT2D eigenvalue weighted by atomic mass is 16.7. The summed E-state index contributed by atoms with van der Waals surface area (Å²) in [6, 6.07) is 10.7. The van der Waals surface area contributed by atoms with Gasteiger partial charge in [-0.15, -0.1) is 4.73 Å². The third-order valence-corrected chi connectivity index (χ3v) is 2.00. The van der Waals surface area contributed by atoms with E-state index in [0.717, 1.165) is 10.3 Å². The zero-order valence-electron chi connectivity index (χ0n) is 8.42. The van der Waals surface area contributed by atoms with Gasteiger partial charge in [-0.1, -0.05) is 30.3 Å². The summed E-state index contributed by atoms with van der Waals surface area (Å²) in [7, 11) is 0. The van der Waals surface area contributed by atoms with E-state index in [1.54, 1.807) is 0 Å². The van der Waals surface area contributed by atoms with Crippen molar-refractivity contribution < 1.29 is 4.84 Å². The van der Waals surface area contributed by atoms with Gasteiger partial charge in [0.2, 0.25) is 0 Å². The first-order chi connectivity index (χ1) is 7.75. The van der Waals surface area contributed by atoms with Gasteiger partial charge in [-0.25, -0.2) is 4.79 Å². The van der Waals surface area contributed by atoms with Crippen LogP contribution in [0.5, 0.6) is 0 Å². The minimum Gasteiger partial charge on any atom is -0.405 e. The predicted molar refractivity (Wildman–Crippen MR) is 58.0 cm³/mol. The zero-order valence-corrected chi connectivity index (χ0v) is 8.42. The molecule has 2 rings (SSSR count). The molecule has 0 spiro atoms. The molecule has 0 saturated carbocycles. The van der Waals surface area contributed by atoms with E-state index in [-0.39, 0.29) is 6.61 Å². The van der Waals surface area contributed by atoms with Crippen molar-refractivity contribution in [2.45, 2.75) is 6.61 Å². The summed E-state index contributed by atoms with van der Waals surface area (Å²) in [5.41, 5.74) is -0.0754. The fourth-order valence-electron chi connectivity index (χ4n) is 1.23.